The maximum absolute atomic E-state index is 13.5. The minimum Gasteiger partial charge on any atom is -0.495 e. The molecule has 2 aliphatic heterocycles. The first-order chi connectivity index (χ1) is 16.1. The number of ether oxygens (including phenoxy) is 2. The number of benzene rings is 2. The third kappa shape index (κ3) is 3.98. The highest BCUT2D eigenvalue weighted by Gasteiger charge is 2.46. The molecule has 5 rings (SSSR count). The van der Waals surface area contributed by atoms with Gasteiger partial charge in [0.15, 0.2) is 5.84 Å². The van der Waals surface area contributed by atoms with E-state index in [2.05, 4.69) is 15.0 Å². The summed E-state index contributed by atoms with van der Waals surface area (Å²) in [7, 11) is 1.65. The Labute approximate surface area is 191 Å². The zero-order valence-electron chi connectivity index (χ0n) is 18.6. The quantitative estimate of drug-likeness (QED) is 0.592. The summed E-state index contributed by atoms with van der Waals surface area (Å²) in [4.78, 5) is 12.1. The molecule has 0 radical (unpaired) electrons. The van der Waals surface area contributed by atoms with Crippen molar-refractivity contribution >= 4 is 11.9 Å². The second-order valence-corrected chi connectivity index (χ2v) is 8.15. The zero-order valence-corrected chi connectivity index (χ0v) is 18.6. The van der Waals surface area contributed by atoms with Gasteiger partial charge < -0.3 is 23.8 Å². The number of aryl methyl sites for hydroxylation is 1. The van der Waals surface area contributed by atoms with E-state index in [9.17, 15) is 4.39 Å². The molecule has 170 valence electrons. The van der Waals surface area contributed by atoms with E-state index in [4.69, 9.17) is 14.3 Å². The molecule has 1 saturated heterocycles. The van der Waals surface area contributed by atoms with Crippen LogP contribution in [0.3, 0.4) is 0 Å². The van der Waals surface area contributed by atoms with Gasteiger partial charge in [0, 0.05) is 12.7 Å². The minimum atomic E-state index is -0.547. The first-order valence-corrected chi connectivity index (χ1v) is 10.8. The summed E-state index contributed by atoms with van der Waals surface area (Å²) in [5.74, 6) is 1.16. The summed E-state index contributed by atoms with van der Waals surface area (Å²) in [6.07, 6.45) is 7.63. The van der Waals surface area contributed by atoms with Crippen LogP contribution in [-0.2, 0) is 15.1 Å². The fourth-order valence-electron chi connectivity index (χ4n) is 4.33. The standard InChI is InChI=1S/C25H25FN4O3/c1-18-14-29(17-27-18)22-9-3-19(13-23(22)31-2)4-10-24-28-33-16-25(15-32-12-11-30(24)25)20-5-7-21(26)8-6-20/h3-10,13-14,17H,11-12,15-16H2,1-2H3. The van der Waals surface area contributed by atoms with Crippen LogP contribution in [0.15, 0.2) is 66.2 Å². The maximum Gasteiger partial charge on any atom is 0.169 e. The van der Waals surface area contributed by atoms with Crippen molar-refractivity contribution in [3.63, 3.8) is 0 Å². The lowest BCUT2D eigenvalue weighted by molar-refractivity contribution is -0.0951. The number of amidine groups is 1. The minimum absolute atomic E-state index is 0.271. The molecule has 2 aromatic carbocycles. The number of rotatable bonds is 5. The van der Waals surface area contributed by atoms with E-state index in [0.717, 1.165) is 28.3 Å². The third-order valence-electron chi connectivity index (χ3n) is 6.05. The van der Waals surface area contributed by atoms with Gasteiger partial charge >= 0.3 is 0 Å². The Kier molecular flexibility index (Phi) is 5.60. The second-order valence-electron chi connectivity index (χ2n) is 8.15. The largest absolute Gasteiger partial charge is 0.495 e. The highest BCUT2D eigenvalue weighted by atomic mass is 19.1. The summed E-state index contributed by atoms with van der Waals surface area (Å²) in [6.45, 7) is 3.97. The molecule has 1 aromatic heterocycles. The van der Waals surface area contributed by atoms with Gasteiger partial charge in [-0.3, -0.25) is 0 Å². The molecule has 0 aliphatic carbocycles. The summed E-state index contributed by atoms with van der Waals surface area (Å²) >= 11 is 0. The molecule has 3 heterocycles. The molecule has 1 atom stereocenters. The Morgan fingerprint density at radius 2 is 1.97 bits per heavy atom. The Morgan fingerprint density at radius 1 is 1.12 bits per heavy atom. The van der Waals surface area contributed by atoms with Crippen LogP contribution in [0.5, 0.6) is 5.75 Å². The number of halogens is 1. The molecule has 0 N–H and O–H groups in total. The molecule has 0 saturated carbocycles. The van der Waals surface area contributed by atoms with Crippen LogP contribution in [-0.4, -0.2) is 53.8 Å². The SMILES string of the molecule is COc1cc(C=CC2=NOCC3(c4ccc(F)cc4)COCCN23)ccc1-n1cnc(C)c1. The Hall–Kier alpha value is -3.65. The molecule has 8 heteroatoms. The van der Waals surface area contributed by atoms with Crippen molar-refractivity contribution in [3.8, 4) is 11.4 Å². The van der Waals surface area contributed by atoms with Crippen molar-refractivity contribution in [2.45, 2.75) is 12.5 Å². The van der Waals surface area contributed by atoms with E-state index < -0.39 is 5.54 Å². The number of oxime groups is 1. The summed E-state index contributed by atoms with van der Waals surface area (Å²) < 4.78 is 26.9. The predicted molar refractivity (Wildman–Crippen MR) is 123 cm³/mol. The van der Waals surface area contributed by atoms with E-state index in [-0.39, 0.29) is 5.82 Å². The van der Waals surface area contributed by atoms with Crippen molar-refractivity contribution in [1.82, 2.24) is 14.5 Å². The van der Waals surface area contributed by atoms with Gasteiger partial charge in [-0.25, -0.2) is 9.37 Å². The second kappa shape index (κ2) is 8.71. The van der Waals surface area contributed by atoms with Crippen molar-refractivity contribution in [3.05, 3.63) is 83.7 Å². The summed E-state index contributed by atoms with van der Waals surface area (Å²) in [5, 5.41) is 4.31. The number of nitrogens with zero attached hydrogens (tertiary/aromatic N) is 4. The molecule has 7 nitrogen and oxygen atoms in total. The number of hydrogen-bond donors (Lipinski definition) is 0. The van der Waals surface area contributed by atoms with Crippen LogP contribution >= 0.6 is 0 Å². The molecule has 0 bridgehead atoms. The fraction of sp³-hybridized carbons (Fsp3) is 0.280. The van der Waals surface area contributed by atoms with E-state index in [1.165, 1.54) is 12.1 Å². The van der Waals surface area contributed by atoms with Crippen molar-refractivity contribution in [2.75, 3.05) is 33.5 Å². The first kappa shape index (κ1) is 21.2. The lowest BCUT2D eigenvalue weighted by Crippen LogP contribution is -2.60. The highest BCUT2D eigenvalue weighted by molar-refractivity contribution is 5.97. The Bertz CT molecular complexity index is 1200. The van der Waals surface area contributed by atoms with Crippen LogP contribution < -0.4 is 4.74 Å². The van der Waals surface area contributed by atoms with Crippen LogP contribution in [0, 0.1) is 12.7 Å². The van der Waals surface area contributed by atoms with Gasteiger partial charge in [-0.1, -0.05) is 29.4 Å². The van der Waals surface area contributed by atoms with Gasteiger partial charge in [-0.2, -0.15) is 0 Å². The molecule has 1 unspecified atom stereocenters. The number of fused-ring (bicyclic) bond motifs is 1. The summed E-state index contributed by atoms with van der Waals surface area (Å²) in [5.41, 5.74) is 3.20. The average molecular weight is 448 g/mol. The molecular formula is C25H25FN4O3. The average Bonchev–Trinajstić information content (AvgIpc) is 3.28. The molecular weight excluding hydrogens is 423 g/mol. The van der Waals surface area contributed by atoms with Crippen LogP contribution in [0.1, 0.15) is 16.8 Å². The number of morpholine rings is 1. The number of methoxy groups -OCH3 is 1. The lowest BCUT2D eigenvalue weighted by Gasteiger charge is -2.49. The lowest BCUT2D eigenvalue weighted by atomic mass is 9.87. The summed E-state index contributed by atoms with van der Waals surface area (Å²) in [6, 6.07) is 12.5. The number of aromatic nitrogens is 2. The van der Waals surface area contributed by atoms with E-state index >= 15 is 0 Å². The van der Waals surface area contributed by atoms with Crippen molar-refractivity contribution in [1.29, 1.82) is 0 Å². The van der Waals surface area contributed by atoms with Crippen LogP contribution in [0.4, 0.5) is 4.39 Å². The molecule has 1 fully saturated rings. The monoisotopic (exact) mass is 448 g/mol. The third-order valence-corrected chi connectivity index (χ3v) is 6.05. The molecule has 0 spiro atoms. The predicted octanol–water partition coefficient (Wildman–Crippen LogP) is 3.91. The fourth-order valence-corrected chi connectivity index (χ4v) is 4.33. The van der Waals surface area contributed by atoms with Gasteiger partial charge in [0.05, 0.1) is 38.0 Å². The Morgan fingerprint density at radius 3 is 2.73 bits per heavy atom. The van der Waals surface area contributed by atoms with E-state index in [1.807, 2.05) is 48.0 Å². The van der Waals surface area contributed by atoms with Crippen molar-refractivity contribution in [2.24, 2.45) is 5.16 Å². The normalized spacial score (nSPS) is 20.3. The van der Waals surface area contributed by atoms with Gasteiger partial charge in [-0.05, 0) is 48.4 Å². The Balaban J connectivity index is 1.43. The molecule has 3 aromatic rings. The smallest absolute Gasteiger partial charge is 0.169 e. The van der Waals surface area contributed by atoms with E-state index in [0.29, 0.717) is 32.2 Å². The molecule has 33 heavy (non-hydrogen) atoms. The van der Waals surface area contributed by atoms with Crippen LogP contribution in [0.25, 0.3) is 11.8 Å². The highest BCUT2D eigenvalue weighted by Crippen LogP contribution is 2.35. The number of imidazole rings is 1. The first-order valence-electron chi connectivity index (χ1n) is 10.8. The van der Waals surface area contributed by atoms with Gasteiger partial charge in [0.1, 0.15) is 23.7 Å². The van der Waals surface area contributed by atoms with E-state index in [1.54, 1.807) is 25.6 Å². The van der Waals surface area contributed by atoms with Gasteiger partial charge in [0.25, 0.3) is 0 Å². The maximum atomic E-state index is 13.5. The topological polar surface area (TPSA) is 61.1 Å². The number of hydrogen-bond acceptors (Lipinski definition) is 6. The van der Waals surface area contributed by atoms with Gasteiger partial charge in [0.2, 0.25) is 0 Å². The van der Waals surface area contributed by atoms with Crippen LogP contribution in [0.2, 0.25) is 0 Å². The van der Waals surface area contributed by atoms with Crippen molar-refractivity contribution < 1.29 is 18.7 Å². The zero-order chi connectivity index (χ0) is 22.8. The van der Waals surface area contributed by atoms with Gasteiger partial charge in [-0.15, -0.1) is 0 Å². The molecule has 0 amide bonds. The molecule has 2 aliphatic rings.